The Labute approximate surface area is 140 Å². The standard InChI is InChI=1S/C17H17Cl2NO2/c1-3-4-15(13-9-11(18)5-8-17(13)21)20-16-7-6-12(22-2)10-14(16)19/h4-10,20-21H,3H2,1-2H3/b15-4+. The fourth-order valence-corrected chi connectivity index (χ4v) is 2.42. The number of aromatic hydroxyl groups is 1. The molecule has 0 aliphatic rings. The quantitative estimate of drug-likeness (QED) is 0.749. The van der Waals surface area contributed by atoms with E-state index in [2.05, 4.69) is 5.32 Å². The van der Waals surface area contributed by atoms with Crippen LogP contribution < -0.4 is 10.1 Å². The second kappa shape index (κ2) is 7.43. The predicted molar refractivity (Wildman–Crippen MR) is 93.0 cm³/mol. The highest BCUT2D eigenvalue weighted by Crippen LogP contribution is 2.33. The molecule has 0 atom stereocenters. The minimum Gasteiger partial charge on any atom is -0.507 e. The third-order valence-corrected chi connectivity index (χ3v) is 3.65. The fraction of sp³-hybridized carbons (Fsp3) is 0.176. The summed E-state index contributed by atoms with van der Waals surface area (Å²) >= 11 is 12.3. The lowest BCUT2D eigenvalue weighted by Crippen LogP contribution is -2.00. The summed E-state index contributed by atoms with van der Waals surface area (Å²) < 4.78 is 5.14. The predicted octanol–water partition coefficient (Wildman–Crippen LogP) is 5.57. The first kappa shape index (κ1) is 16.5. The van der Waals surface area contributed by atoms with Gasteiger partial charge in [-0.05, 0) is 36.8 Å². The summed E-state index contributed by atoms with van der Waals surface area (Å²) in [7, 11) is 1.59. The topological polar surface area (TPSA) is 41.5 Å². The Morgan fingerprint density at radius 1 is 1.23 bits per heavy atom. The zero-order valence-corrected chi connectivity index (χ0v) is 13.9. The van der Waals surface area contributed by atoms with Crippen molar-refractivity contribution in [3.8, 4) is 11.5 Å². The zero-order valence-electron chi connectivity index (χ0n) is 12.4. The largest absolute Gasteiger partial charge is 0.507 e. The number of nitrogens with one attached hydrogen (secondary N) is 1. The molecule has 0 spiro atoms. The van der Waals surface area contributed by atoms with E-state index in [9.17, 15) is 5.11 Å². The van der Waals surface area contributed by atoms with E-state index in [-0.39, 0.29) is 5.75 Å². The third-order valence-electron chi connectivity index (χ3n) is 3.10. The molecule has 0 amide bonds. The van der Waals surface area contributed by atoms with Gasteiger partial charge in [0.1, 0.15) is 11.5 Å². The van der Waals surface area contributed by atoms with Gasteiger partial charge in [0.15, 0.2) is 0 Å². The summed E-state index contributed by atoms with van der Waals surface area (Å²) in [5.74, 6) is 0.836. The number of anilines is 1. The van der Waals surface area contributed by atoms with Gasteiger partial charge >= 0.3 is 0 Å². The Kier molecular flexibility index (Phi) is 5.58. The van der Waals surface area contributed by atoms with Gasteiger partial charge in [0.2, 0.25) is 0 Å². The molecule has 0 aromatic heterocycles. The Balaban J connectivity index is 2.38. The van der Waals surface area contributed by atoms with E-state index in [1.807, 2.05) is 25.1 Å². The molecule has 5 heteroatoms. The van der Waals surface area contributed by atoms with Gasteiger partial charge < -0.3 is 15.2 Å². The lowest BCUT2D eigenvalue weighted by atomic mass is 10.1. The Hall–Kier alpha value is -1.84. The molecule has 3 nitrogen and oxygen atoms in total. The fourth-order valence-electron chi connectivity index (χ4n) is 2.03. The Morgan fingerprint density at radius 2 is 2.00 bits per heavy atom. The van der Waals surface area contributed by atoms with Crippen LogP contribution in [-0.2, 0) is 0 Å². The number of methoxy groups -OCH3 is 1. The van der Waals surface area contributed by atoms with Crippen LogP contribution in [0.15, 0.2) is 42.5 Å². The average molecular weight is 338 g/mol. The van der Waals surface area contributed by atoms with Crippen molar-refractivity contribution in [1.82, 2.24) is 0 Å². The van der Waals surface area contributed by atoms with Gasteiger partial charge in [0.25, 0.3) is 0 Å². The number of halogens is 2. The van der Waals surface area contributed by atoms with Crippen molar-refractivity contribution in [1.29, 1.82) is 0 Å². The van der Waals surface area contributed by atoms with E-state index in [0.717, 1.165) is 17.8 Å². The minimum absolute atomic E-state index is 0.154. The van der Waals surface area contributed by atoms with Crippen LogP contribution >= 0.6 is 23.2 Å². The van der Waals surface area contributed by atoms with Crippen LogP contribution in [-0.4, -0.2) is 12.2 Å². The molecule has 0 radical (unpaired) electrons. The molecule has 2 N–H and O–H groups in total. The molecule has 2 aromatic carbocycles. The van der Waals surface area contributed by atoms with Crippen LogP contribution in [0.1, 0.15) is 18.9 Å². The van der Waals surface area contributed by atoms with E-state index < -0.39 is 0 Å². The molecule has 0 unspecified atom stereocenters. The number of benzene rings is 2. The lowest BCUT2D eigenvalue weighted by Gasteiger charge is -2.15. The maximum atomic E-state index is 10.1. The van der Waals surface area contributed by atoms with Gasteiger partial charge in [-0.15, -0.1) is 0 Å². The Bertz CT molecular complexity index is 699. The smallest absolute Gasteiger partial charge is 0.124 e. The van der Waals surface area contributed by atoms with E-state index >= 15 is 0 Å². The van der Waals surface area contributed by atoms with E-state index in [0.29, 0.717) is 21.4 Å². The number of hydrogen-bond acceptors (Lipinski definition) is 3. The van der Waals surface area contributed by atoms with Gasteiger partial charge in [-0.25, -0.2) is 0 Å². The number of ether oxygens (including phenoxy) is 1. The van der Waals surface area contributed by atoms with Crippen LogP contribution in [0.25, 0.3) is 5.70 Å². The van der Waals surface area contributed by atoms with Gasteiger partial charge in [0, 0.05) is 22.3 Å². The van der Waals surface area contributed by atoms with E-state index in [4.69, 9.17) is 27.9 Å². The highest BCUT2D eigenvalue weighted by Gasteiger charge is 2.10. The van der Waals surface area contributed by atoms with Crippen LogP contribution in [0.2, 0.25) is 10.0 Å². The summed E-state index contributed by atoms with van der Waals surface area (Å²) in [6.07, 6.45) is 2.76. The molecule has 22 heavy (non-hydrogen) atoms. The second-order valence-corrected chi connectivity index (χ2v) is 5.50. The number of rotatable bonds is 5. The number of phenolic OH excluding ortho intramolecular Hbond substituents is 1. The normalized spacial score (nSPS) is 11.4. The third kappa shape index (κ3) is 3.87. The monoisotopic (exact) mass is 337 g/mol. The number of allylic oxidation sites excluding steroid dienone is 1. The molecule has 2 aromatic rings. The van der Waals surface area contributed by atoms with Gasteiger partial charge in [-0.1, -0.05) is 36.2 Å². The number of hydrogen-bond donors (Lipinski definition) is 2. The molecule has 0 aliphatic heterocycles. The summed E-state index contributed by atoms with van der Waals surface area (Å²) in [4.78, 5) is 0. The van der Waals surface area contributed by atoms with Gasteiger partial charge in [-0.3, -0.25) is 0 Å². The summed E-state index contributed by atoms with van der Waals surface area (Å²) in [6.45, 7) is 2.01. The molecule has 0 saturated carbocycles. The SMILES string of the molecule is CC/C=C(/Nc1ccc(OC)cc1Cl)c1cc(Cl)ccc1O. The maximum Gasteiger partial charge on any atom is 0.124 e. The summed E-state index contributed by atoms with van der Waals surface area (Å²) in [5.41, 5.74) is 2.09. The maximum absolute atomic E-state index is 10.1. The van der Waals surface area contributed by atoms with Crippen LogP contribution in [0.5, 0.6) is 11.5 Å². The molecule has 2 rings (SSSR count). The summed E-state index contributed by atoms with van der Waals surface area (Å²) in [5, 5.41) is 14.4. The van der Waals surface area contributed by atoms with Crippen molar-refractivity contribution in [2.75, 3.05) is 12.4 Å². The Morgan fingerprint density at radius 3 is 2.64 bits per heavy atom. The van der Waals surface area contributed by atoms with Crippen LogP contribution in [0, 0.1) is 0 Å². The van der Waals surface area contributed by atoms with Crippen LogP contribution in [0.4, 0.5) is 5.69 Å². The highest BCUT2D eigenvalue weighted by atomic mass is 35.5. The molecular weight excluding hydrogens is 321 g/mol. The van der Waals surface area contributed by atoms with Crippen molar-refractivity contribution >= 4 is 34.6 Å². The first-order valence-corrected chi connectivity index (χ1v) is 7.60. The minimum atomic E-state index is 0.154. The van der Waals surface area contributed by atoms with Crippen molar-refractivity contribution < 1.29 is 9.84 Å². The average Bonchev–Trinajstić information content (AvgIpc) is 2.51. The number of phenols is 1. The van der Waals surface area contributed by atoms with Gasteiger partial charge in [-0.2, -0.15) is 0 Å². The van der Waals surface area contributed by atoms with Crippen LogP contribution in [0.3, 0.4) is 0 Å². The van der Waals surface area contributed by atoms with Crippen molar-refractivity contribution in [2.24, 2.45) is 0 Å². The molecule has 0 fully saturated rings. The first-order chi connectivity index (χ1) is 10.5. The molecular formula is C17H17Cl2NO2. The van der Waals surface area contributed by atoms with E-state index in [1.54, 1.807) is 31.4 Å². The zero-order chi connectivity index (χ0) is 16.1. The van der Waals surface area contributed by atoms with Crippen molar-refractivity contribution in [2.45, 2.75) is 13.3 Å². The highest BCUT2D eigenvalue weighted by molar-refractivity contribution is 6.33. The van der Waals surface area contributed by atoms with Gasteiger partial charge in [0.05, 0.1) is 17.8 Å². The summed E-state index contributed by atoms with van der Waals surface area (Å²) in [6, 6.07) is 10.3. The molecule has 0 heterocycles. The molecule has 0 bridgehead atoms. The first-order valence-electron chi connectivity index (χ1n) is 6.84. The molecule has 0 saturated heterocycles. The van der Waals surface area contributed by atoms with Crippen molar-refractivity contribution in [3.05, 3.63) is 58.1 Å². The molecule has 116 valence electrons. The molecule has 0 aliphatic carbocycles. The second-order valence-electron chi connectivity index (χ2n) is 4.66. The van der Waals surface area contributed by atoms with E-state index in [1.165, 1.54) is 0 Å². The van der Waals surface area contributed by atoms with Crippen molar-refractivity contribution in [3.63, 3.8) is 0 Å². The lowest BCUT2D eigenvalue weighted by molar-refractivity contribution is 0.415.